The third kappa shape index (κ3) is 2.05. The molecule has 0 saturated carbocycles. The second-order valence-electron chi connectivity index (χ2n) is 5.82. The van der Waals surface area contributed by atoms with Gasteiger partial charge in [0.15, 0.2) is 0 Å². The van der Waals surface area contributed by atoms with Crippen molar-refractivity contribution in [2.24, 2.45) is 5.92 Å². The molecule has 1 N–H and O–H groups in total. The summed E-state index contributed by atoms with van der Waals surface area (Å²) in [6.45, 7) is 0. The highest BCUT2D eigenvalue weighted by atomic mass is 35.5. The third-order valence-electron chi connectivity index (χ3n) is 4.67. The molecular formula is C18H14Cl2FN. The minimum Gasteiger partial charge on any atom is -0.376 e. The molecule has 0 spiro atoms. The fourth-order valence-corrected chi connectivity index (χ4v) is 4.02. The number of nitrogens with one attached hydrogen (secondary N) is 1. The molecule has 1 aliphatic heterocycles. The lowest BCUT2D eigenvalue weighted by Gasteiger charge is -2.38. The summed E-state index contributed by atoms with van der Waals surface area (Å²) in [5.41, 5.74) is 2.65. The molecule has 1 nitrogen and oxygen atoms in total. The maximum absolute atomic E-state index is 14.3. The number of rotatable bonds is 1. The molecule has 0 fully saturated rings. The molecule has 0 amide bonds. The number of fused-ring (bicyclic) bond motifs is 3. The van der Waals surface area contributed by atoms with Gasteiger partial charge in [0.05, 0.1) is 21.8 Å². The predicted octanol–water partition coefficient (Wildman–Crippen LogP) is 5.96. The van der Waals surface area contributed by atoms with E-state index in [-0.39, 0.29) is 17.8 Å². The largest absolute Gasteiger partial charge is 0.376 e. The Hall–Kier alpha value is -1.51. The van der Waals surface area contributed by atoms with Gasteiger partial charge in [0, 0.05) is 11.5 Å². The fourth-order valence-electron chi connectivity index (χ4n) is 3.64. The SMILES string of the molecule is Fc1ccccc1[C@@H]1Nc2c(ccc(Cl)c2Cl)[C@@H]2C=CC[C@@H]21. The number of halogens is 3. The molecule has 22 heavy (non-hydrogen) atoms. The van der Waals surface area contributed by atoms with Gasteiger partial charge in [0.25, 0.3) is 0 Å². The van der Waals surface area contributed by atoms with E-state index in [4.69, 9.17) is 23.2 Å². The highest BCUT2D eigenvalue weighted by Gasteiger charge is 2.39. The Balaban J connectivity index is 1.87. The van der Waals surface area contributed by atoms with Crippen molar-refractivity contribution in [3.05, 3.63) is 75.5 Å². The summed E-state index contributed by atoms with van der Waals surface area (Å²) in [6, 6.07) is 10.7. The van der Waals surface area contributed by atoms with Crippen LogP contribution >= 0.6 is 23.2 Å². The maximum Gasteiger partial charge on any atom is 0.128 e. The van der Waals surface area contributed by atoms with E-state index in [1.165, 1.54) is 6.07 Å². The van der Waals surface area contributed by atoms with Gasteiger partial charge in [0.2, 0.25) is 0 Å². The summed E-state index contributed by atoms with van der Waals surface area (Å²) < 4.78 is 14.3. The Morgan fingerprint density at radius 2 is 1.86 bits per heavy atom. The number of hydrogen-bond donors (Lipinski definition) is 1. The standard InChI is InChI=1S/C18H14Cl2FN/c19-14-9-8-12-10-5-3-6-11(10)17(22-18(12)16(14)20)13-4-1-2-7-15(13)21/h1-5,7-11,17,22H,6H2/t10-,11+,17-/m1/s1. The van der Waals surface area contributed by atoms with Crippen molar-refractivity contribution in [1.82, 2.24) is 0 Å². The van der Waals surface area contributed by atoms with Gasteiger partial charge in [-0.25, -0.2) is 4.39 Å². The average Bonchev–Trinajstić information content (AvgIpc) is 3.00. The Kier molecular flexibility index (Phi) is 3.39. The minimum atomic E-state index is -0.188. The van der Waals surface area contributed by atoms with Crippen LogP contribution in [0.2, 0.25) is 10.0 Å². The molecule has 3 atom stereocenters. The van der Waals surface area contributed by atoms with Crippen LogP contribution in [0.25, 0.3) is 0 Å². The summed E-state index contributed by atoms with van der Waals surface area (Å²) in [7, 11) is 0. The first kappa shape index (κ1) is 14.1. The van der Waals surface area contributed by atoms with Crippen LogP contribution in [0.1, 0.15) is 29.5 Å². The second kappa shape index (κ2) is 5.29. The summed E-state index contributed by atoms with van der Waals surface area (Å²) in [6.07, 6.45) is 5.29. The summed E-state index contributed by atoms with van der Waals surface area (Å²) in [4.78, 5) is 0. The molecule has 0 radical (unpaired) electrons. The van der Waals surface area contributed by atoms with Crippen molar-refractivity contribution in [1.29, 1.82) is 0 Å². The van der Waals surface area contributed by atoms with Gasteiger partial charge in [-0.1, -0.05) is 59.6 Å². The molecule has 4 rings (SSSR count). The highest BCUT2D eigenvalue weighted by molar-refractivity contribution is 6.43. The molecule has 2 aromatic rings. The van der Waals surface area contributed by atoms with E-state index in [1.807, 2.05) is 24.3 Å². The molecule has 2 aromatic carbocycles. The van der Waals surface area contributed by atoms with Crippen molar-refractivity contribution in [2.75, 3.05) is 5.32 Å². The monoisotopic (exact) mass is 333 g/mol. The van der Waals surface area contributed by atoms with Gasteiger partial charge in [-0.3, -0.25) is 0 Å². The third-order valence-corrected chi connectivity index (χ3v) is 5.47. The Morgan fingerprint density at radius 3 is 2.68 bits per heavy atom. The first-order valence-electron chi connectivity index (χ1n) is 7.32. The zero-order chi connectivity index (χ0) is 15.3. The molecule has 2 aliphatic rings. The van der Waals surface area contributed by atoms with Crippen LogP contribution in [-0.2, 0) is 0 Å². The molecule has 1 aliphatic carbocycles. The van der Waals surface area contributed by atoms with E-state index in [9.17, 15) is 4.39 Å². The first-order valence-corrected chi connectivity index (χ1v) is 8.08. The molecule has 112 valence electrons. The smallest absolute Gasteiger partial charge is 0.128 e. The zero-order valence-electron chi connectivity index (χ0n) is 11.7. The lowest BCUT2D eigenvalue weighted by molar-refractivity contribution is 0.413. The van der Waals surface area contributed by atoms with E-state index >= 15 is 0 Å². The topological polar surface area (TPSA) is 12.0 Å². The van der Waals surface area contributed by atoms with Gasteiger partial charge in [-0.15, -0.1) is 0 Å². The Morgan fingerprint density at radius 1 is 1.05 bits per heavy atom. The van der Waals surface area contributed by atoms with Gasteiger partial charge < -0.3 is 5.32 Å². The van der Waals surface area contributed by atoms with Gasteiger partial charge >= 0.3 is 0 Å². The summed E-state index contributed by atoms with van der Waals surface area (Å²) in [5, 5.41) is 4.47. The van der Waals surface area contributed by atoms with E-state index in [1.54, 1.807) is 6.07 Å². The van der Waals surface area contributed by atoms with Crippen LogP contribution in [0.5, 0.6) is 0 Å². The fraction of sp³-hybridized carbons (Fsp3) is 0.222. The van der Waals surface area contributed by atoms with Gasteiger partial charge in [0.1, 0.15) is 5.82 Å². The van der Waals surface area contributed by atoms with E-state index in [2.05, 4.69) is 17.5 Å². The Labute approximate surface area is 138 Å². The van der Waals surface area contributed by atoms with Crippen LogP contribution in [-0.4, -0.2) is 0 Å². The molecule has 0 saturated heterocycles. The zero-order valence-corrected chi connectivity index (χ0v) is 13.2. The minimum absolute atomic E-state index is 0.107. The van der Waals surface area contributed by atoms with Crippen LogP contribution in [0.3, 0.4) is 0 Å². The van der Waals surface area contributed by atoms with Crippen molar-refractivity contribution >= 4 is 28.9 Å². The van der Waals surface area contributed by atoms with Gasteiger partial charge in [-0.05, 0) is 30.0 Å². The summed E-state index contributed by atoms with van der Waals surface area (Å²) >= 11 is 12.5. The quantitative estimate of drug-likeness (QED) is 0.635. The normalized spacial score (nSPS) is 25.5. The Bertz CT molecular complexity index is 772. The number of allylic oxidation sites excluding steroid dienone is 2. The molecular weight excluding hydrogens is 320 g/mol. The van der Waals surface area contributed by atoms with Crippen molar-refractivity contribution in [3.63, 3.8) is 0 Å². The van der Waals surface area contributed by atoms with Crippen molar-refractivity contribution in [2.45, 2.75) is 18.4 Å². The highest BCUT2D eigenvalue weighted by Crippen LogP contribution is 2.52. The lowest BCUT2D eigenvalue weighted by atomic mass is 9.77. The second-order valence-corrected chi connectivity index (χ2v) is 6.61. The molecule has 0 aromatic heterocycles. The van der Waals surface area contributed by atoms with E-state index in [0.29, 0.717) is 21.5 Å². The van der Waals surface area contributed by atoms with Crippen LogP contribution in [0, 0.1) is 11.7 Å². The molecule has 0 unspecified atom stereocenters. The number of benzene rings is 2. The van der Waals surface area contributed by atoms with Crippen LogP contribution in [0.15, 0.2) is 48.6 Å². The van der Waals surface area contributed by atoms with Crippen LogP contribution < -0.4 is 5.32 Å². The van der Waals surface area contributed by atoms with Crippen molar-refractivity contribution in [3.8, 4) is 0 Å². The van der Waals surface area contributed by atoms with Crippen LogP contribution in [0.4, 0.5) is 10.1 Å². The first-order chi connectivity index (χ1) is 10.7. The summed E-state index contributed by atoms with van der Waals surface area (Å²) in [5.74, 6) is 0.351. The molecule has 1 heterocycles. The number of anilines is 1. The van der Waals surface area contributed by atoms with E-state index < -0.39 is 0 Å². The van der Waals surface area contributed by atoms with Crippen molar-refractivity contribution < 1.29 is 4.39 Å². The molecule has 0 bridgehead atoms. The van der Waals surface area contributed by atoms with Gasteiger partial charge in [-0.2, -0.15) is 0 Å². The van der Waals surface area contributed by atoms with E-state index in [0.717, 1.165) is 17.7 Å². The molecule has 4 heteroatoms. The lowest BCUT2D eigenvalue weighted by Crippen LogP contribution is -2.30. The maximum atomic E-state index is 14.3. The number of hydrogen-bond acceptors (Lipinski definition) is 1. The average molecular weight is 334 g/mol. The predicted molar refractivity (Wildman–Crippen MR) is 89.2 cm³/mol.